The summed E-state index contributed by atoms with van der Waals surface area (Å²) in [6.45, 7) is -0.249. The summed E-state index contributed by atoms with van der Waals surface area (Å²) < 4.78 is 0.907. The van der Waals surface area contributed by atoms with Crippen molar-refractivity contribution in [2.45, 2.75) is 6.54 Å². The van der Waals surface area contributed by atoms with Crippen LogP contribution in [0.1, 0.15) is 0 Å². The van der Waals surface area contributed by atoms with Crippen molar-refractivity contribution in [2.75, 3.05) is 0 Å². The molecule has 3 aromatic rings. The molecule has 0 saturated heterocycles. The van der Waals surface area contributed by atoms with Crippen molar-refractivity contribution in [3.05, 3.63) is 57.2 Å². The fourth-order valence-electron chi connectivity index (χ4n) is 2.00. The van der Waals surface area contributed by atoms with Gasteiger partial charge in [-0.1, -0.05) is 30.3 Å². The van der Waals surface area contributed by atoms with E-state index in [1.54, 1.807) is 6.07 Å². The summed E-state index contributed by atoms with van der Waals surface area (Å²) in [4.78, 5) is 28.0. The largest absolute Gasteiger partial charge is 0.330 e. The van der Waals surface area contributed by atoms with Crippen LogP contribution in [0.3, 0.4) is 0 Å². The third kappa shape index (κ3) is 1.94. The number of H-pyrrole nitrogens is 1. The Bertz CT molecular complexity index is 929. The van der Waals surface area contributed by atoms with Gasteiger partial charge in [0.25, 0.3) is 5.56 Å². The van der Waals surface area contributed by atoms with Crippen LogP contribution >= 0.6 is 11.3 Å². The molecule has 3 rings (SSSR count). The summed E-state index contributed by atoms with van der Waals surface area (Å²) in [6, 6.07) is 13.2. The Morgan fingerprint density at radius 1 is 1.25 bits per heavy atom. The highest BCUT2D eigenvalue weighted by Crippen LogP contribution is 2.30. The molecular formula is C14H9N3O2S. The Morgan fingerprint density at radius 3 is 2.70 bits per heavy atom. The molecule has 0 atom stereocenters. The maximum absolute atomic E-state index is 12.2. The second-order valence-corrected chi connectivity index (χ2v) is 5.25. The lowest BCUT2D eigenvalue weighted by molar-refractivity contribution is 0.737. The van der Waals surface area contributed by atoms with Crippen LogP contribution in [0, 0.1) is 11.3 Å². The van der Waals surface area contributed by atoms with E-state index in [0.29, 0.717) is 10.2 Å². The average Bonchev–Trinajstić information content (AvgIpc) is 2.88. The van der Waals surface area contributed by atoms with Gasteiger partial charge in [0.15, 0.2) is 0 Å². The van der Waals surface area contributed by atoms with E-state index in [-0.39, 0.29) is 6.54 Å². The summed E-state index contributed by atoms with van der Waals surface area (Å²) in [6.07, 6.45) is 0. The molecule has 0 aliphatic heterocycles. The smallest absolute Gasteiger partial charge is 0.298 e. The number of aromatic nitrogens is 2. The first-order chi connectivity index (χ1) is 9.70. The molecule has 0 spiro atoms. The van der Waals surface area contributed by atoms with Gasteiger partial charge in [-0.05, 0) is 11.6 Å². The Morgan fingerprint density at radius 2 is 2.00 bits per heavy atom. The van der Waals surface area contributed by atoms with E-state index in [9.17, 15) is 9.59 Å². The normalized spacial score (nSPS) is 10.6. The maximum atomic E-state index is 12.2. The third-order valence-electron chi connectivity index (χ3n) is 2.96. The molecule has 98 valence electrons. The SMILES string of the molecule is N#CCn1c(=O)[nH]c2sc(-c3ccccc3)cc2c1=O. The summed E-state index contributed by atoms with van der Waals surface area (Å²) in [7, 11) is 0. The number of thiophene rings is 1. The van der Waals surface area contributed by atoms with Gasteiger partial charge in [0.1, 0.15) is 11.4 Å². The second-order valence-electron chi connectivity index (χ2n) is 4.20. The average molecular weight is 283 g/mol. The van der Waals surface area contributed by atoms with Crippen LogP contribution in [0.5, 0.6) is 0 Å². The van der Waals surface area contributed by atoms with Crippen LogP contribution in [0.15, 0.2) is 46.0 Å². The van der Waals surface area contributed by atoms with Crippen LogP contribution in [0.4, 0.5) is 0 Å². The van der Waals surface area contributed by atoms with Crippen LogP contribution in [-0.4, -0.2) is 9.55 Å². The molecule has 2 aromatic heterocycles. The Kier molecular flexibility index (Phi) is 2.97. The van der Waals surface area contributed by atoms with Crippen LogP contribution in [0.2, 0.25) is 0 Å². The van der Waals surface area contributed by atoms with E-state index in [4.69, 9.17) is 5.26 Å². The van der Waals surface area contributed by atoms with Gasteiger partial charge in [0, 0.05) is 4.88 Å². The summed E-state index contributed by atoms with van der Waals surface area (Å²) in [5.41, 5.74) is 0.00928. The van der Waals surface area contributed by atoms with Crippen LogP contribution in [0.25, 0.3) is 20.7 Å². The molecule has 0 bridgehead atoms. The van der Waals surface area contributed by atoms with Crippen molar-refractivity contribution in [1.29, 1.82) is 5.26 Å². The van der Waals surface area contributed by atoms with Gasteiger partial charge in [0.2, 0.25) is 0 Å². The topological polar surface area (TPSA) is 78.7 Å². The number of benzene rings is 1. The van der Waals surface area contributed by atoms with Crippen molar-refractivity contribution >= 4 is 21.6 Å². The molecular weight excluding hydrogens is 274 g/mol. The minimum Gasteiger partial charge on any atom is -0.298 e. The monoisotopic (exact) mass is 283 g/mol. The molecule has 1 N–H and O–H groups in total. The van der Waals surface area contributed by atoms with E-state index in [1.165, 1.54) is 11.3 Å². The molecule has 0 amide bonds. The molecule has 0 aliphatic carbocycles. The lowest BCUT2D eigenvalue weighted by Crippen LogP contribution is -2.34. The predicted octanol–water partition coefficient (Wildman–Crippen LogP) is 1.94. The zero-order valence-electron chi connectivity index (χ0n) is 10.3. The quantitative estimate of drug-likeness (QED) is 0.780. The Balaban J connectivity index is 2.28. The standard InChI is InChI=1S/C14H9N3O2S/c15-6-7-17-13(18)10-8-11(9-4-2-1-3-5-9)20-12(10)16-14(17)19/h1-5,8H,7H2,(H,16,19). The number of fused-ring (bicyclic) bond motifs is 1. The maximum Gasteiger partial charge on any atom is 0.330 e. The molecule has 20 heavy (non-hydrogen) atoms. The van der Waals surface area contributed by atoms with E-state index < -0.39 is 11.2 Å². The lowest BCUT2D eigenvalue weighted by Gasteiger charge is -1.97. The van der Waals surface area contributed by atoms with Gasteiger partial charge in [-0.2, -0.15) is 5.26 Å². The zero-order valence-corrected chi connectivity index (χ0v) is 11.1. The van der Waals surface area contributed by atoms with Gasteiger partial charge in [0.05, 0.1) is 11.5 Å². The predicted molar refractivity (Wildman–Crippen MR) is 77.8 cm³/mol. The van der Waals surface area contributed by atoms with E-state index in [2.05, 4.69) is 4.98 Å². The summed E-state index contributed by atoms with van der Waals surface area (Å²) in [5, 5.41) is 9.10. The molecule has 0 radical (unpaired) electrons. The third-order valence-corrected chi connectivity index (χ3v) is 4.06. The molecule has 6 heteroatoms. The first-order valence-corrected chi connectivity index (χ1v) is 6.71. The second kappa shape index (κ2) is 4.79. The minimum atomic E-state index is -0.550. The number of hydrogen-bond donors (Lipinski definition) is 1. The number of nitrogens with one attached hydrogen (secondary N) is 1. The highest BCUT2D eigenvalue weighted by molar-refractivity contribution is 7.21. The van der Waals surface area contributed by atoms with Crippen LogP contribution < -0.4 is 11.2 Å². The van der Waals surface area contributed by atoms with Crippen molar-refractivity contribution in [3.63, 3.8) is 0 Å². The van der Waals surface area contributed by atoms with Crippen molar-refractivity contribution < 1.29 is 0 Å². The molecule has 0 unspecified atom stereocenters. The van der Waals surface area contributed by atoms with Gasteiger partial charge >= 0.3 is 5.69 Å². The van der Waals surface area contributed by atoms with Gasteiger partial charge in [-0.25, -0.2) is 9.36 Å². The highest BCUT2D eigenvalue weighted by atomic mass is 32.1. The summed E-state index contributed by atoms with van der Waals surface area (Å²) in [5.74, 6) is 0. The number of hydrogen-bond acceptors (Lipinski definition) is 4. The fraction of sp³-hybridized carbons (Fsp3) is 0.0714. The number of aromatic amines is 1. The molecule has 1 aromatic carbocycles. The first-order valence-electron chi connectivity index (χ1n) is 5.90. The summed E-state index contributed by atoms with van der Waals surface area (Å²) >= 11 is 1.35. The van der Waals surface area contributed by atoms with E-state index in [1.807, 2.05) is 36.4 Å². The lowest BCUT2D eigenvalue weighted by atomic mass is 10.2. The molecule has 5 nitrogen and oxygen atoms in total. The molecule has 2 heterocycles. The van der Waals surface area contributed by atoms with Crippen molar-refractivity contribution in [3.8, 4) is 16.5 Å². The van der Waals surface area contributed by atoms with E-state index >= 15 is 0 Å². The van der Waals surface area contributed by atoms with Crippen molar-refractivity contribution in [2.24, 2.45) is 0 Å². The number of nitrogens with zero attached hydrogens (tertiary/aromatic N) is 2. The van der Waals surface area contributed by atoms with E-state index in [0.717, 1.165) is 15.0 Å². The minimum absolute atomic E-state index is 0.249. The molecule has 0 saturated carbocycles. The number of rotatable bonds is 2. The van der Waals surface area contributed by atoms with Gasteiger partial charge in [-0.3, -0.25) is 9.78 Å². The van der Waals surface area contributed by atoms with Crippen molar-refractivity contribution in [1.82, 2.24) is 9.55 Å². The van der Waals surface area contributed by atoms with Gasteiger partial charge < -0.3 is 0 Å². The highest BCUT2D eigenvalue weighted by Gasteiger charge is 2.11. The first kappa shape index (κ1) is 12.4. The van der Waals surface area contributed by atoms with Gasteiger partial charge in [-0.15, -0.1) is 11.3 Å². The molecule has 0 aliphatic rings. The number of nitriles is 1. The fourth-order valence-corrected chi connectivity index (χ4v) is 3.05. The Labute approximate surface area is 117 Å². The molecule has 0 fully saturated rings. The zero-order chi connectivity index (χ0) is 14.1. The van der Waals surface area contributed by atoms with Crippen LogP contribution in [-0.2, 0) is 6.54 Å². The Hall–Kier alpha value is -2.65.